The van der Waals surface area contributed by atoms with Crippen LogP contribution in [0, 0.1) is 0 Å². The lowest BCUT2D eigenvalue weighted by Gasteiger charge is -2.12. The molecule has 1 aromatic heterocycles. The number of amides is 1. The first-order valence-electron chi connectivity index (χ1n) is 7.46. The summed E-state index contributed by atoms with van der Waals surface area (Å²) in [5.74, 6) is -0.706. The van der Waals surface area contributed by atoms with Crippen LogP contribution in [0.3, 0.4) is 0 Å². The van der Waals surface area contributed by atoms with Gasteiger partial charge in [0.15, 0.2) is 6.10 Å². The fourth-order valence-corrected chi connectivity index (χ4v) is 2.33. The quantitative estimate of drug-likeness (QED) is 0.769. The normalized spacial score (nSPS) is 11.8. The number of carbonyl (C=O) groups excluding carboxylic acids is 2. The SMILES string of the molecule is CCCNC(=O)[C@@H](C)OC(=O)c1ccc(-c2cc(Cl)ccc2Cl)o1. The van der Waals surface area contributed by atoms with Crippen LogP contribution < -0.4 is 5.32 Å². The van der Waals surface area contributed by atoms with Gasteiger partial charge in [-0.1, -0.05) is 30.1 Å². The zero-order valence-electron chi connectivity index (χ0n) is 13.3. The number of esters is 1. The molecule has 0 aliphatic rings. The van der Waals surface area contributed by atoms with Gasteiger partial charge in [-0.3, -0.25) is 4.79 Å². The summed E-state index contributed by atoms with van der Waals surface area (Å²) in [6.45, 7) is 3.96. The predicted molar refractivity (Wildman–Crippen MR) is 92.3 cm³/mol. The van der Waals surface area contributed by atoms with E-state index in [-0.39, 0.29) is 11.7 Å². The smallest absolute Gasteiger partial charge is 0.375 e. The highest BCUT2D eigenvalue weighted by atomic mass is 35.5. The minimum Gasteiger partial charge on any atom is -0.449 e. The van der Waals surface area contributed by atoms with E-state index in [1.54, 1.807) is 24.3 Å². The van der Waals surface area contributed by atoms with Crippen molar-refractivity contribution in [3.63, 3.8) is 0 Å². The van der Waals surface area contributed by atoms with Gasteiger partial charge in [-0.25, -0.2) is 4.79 Å². The van der Waals surface area contributed by atoms with Crippen molar-refractivity contribution in [2.24, 2.45) is 0 Å². The number of carbonyl (C=O) groups is 2. The maximum atomic E-state index is 12.1. The van der Waals surface area contributed by atoms with E-state index in [0.29, 0.717) is 27.9 Å². The monoisotopic (exact) mass is 369 g/mol. The van der Waals surface area contributed by atoms with Gasteiger partial charge in [0.25, 0.3) is 5.91 Å². The molecule has 1 amide bonds. The second-order valence-corrected chi connectivity index (χ2v) is 5.97. The standard InChI is InChI=1S/C17H17Cl2NO4/c1-3-8-20-16(21)10(2)23-17(22)15-7-6-14(24-15)12-9-11(18)4-5-13(12)19/h4-7,9-10H,3,8H2,1-2H3,(H,20,21)/t10-/m1/s1. The fourth-order valence-electron chi connectivity index (χ4n) is 1.94. The van der Waals surface area contributed by atoms with Gasteiger partial charge in [-0.05, 0) is 43.7 Å². The van der Waals surface area contributed by atoms with E-state index < -0.39 is 12.1 Å². The summed E-state index contributed by atoms with van der Waals surface area (Å²) in [6.07, 6.45) is -0.110. The van der Waals surface area contributed by atoms with E-state index in [1.165, 1.54) is 13.0 Å². The zero-order valence-corrected chi connectivity index (χ0v) is 14.8. The molecule has 1 heterocycles. The third kappa shape index (κ3) is 4.52. The molecule has 5 nitrogen and oxygen atoms in total. The van der Waals surface area contributed by atoms with Crippen LogP contribution in [-0.4, -0.2) is 24.5 Å². The Morgan fingerprint density at radius 1 is 1.25 bits per heavy atom. The van der Waals surface area contributed by atoms with Crippen LogP contribution in [0.15, 0.2) is 34.7 Å². The molecule has 7 heteroatoms. The number of halogens is 2. The Bertz CT molecular complexity index is 742. The highest BCUT2D eigenvalue weighted by molar-refractivity contribution is 6.35. The molecule has 0 saturated heterocycles. The zero-order chi connectivity index (χ0) is 17.7. The largest absolute Gasteiger partial charge is 0.449 e. The van der Waals surface area contributed by atoms with Gasteiger partial charge in [0.1, 0.15) is 5.76 Å². The predicted octanol–water partition coefficient (Wildman–Crippen LogP) is 4.32. The van der Waals surface area contributed by atoms with E-state index in [4.69, 9.17) is 32.4 Å². The number of furan rings is 1. The average Bonchev–Trinajstić information content (AvgIpc) is 3.04. The van der Waals surface area contributed by atoms with Crippen molar-refractivity contribution >= 4 is 35.1 Å². The Hall–Kier alpha value is -1.98. The minimum atomic E-state index is -0.910. The second-order valence-electron chi connectivity index (χ2n) is 5.13. The van der Waals surface area contributed by atoms with Gasteiger partial charge in [-0.15, -0.1) is 0 Å². The number of nitrogens with one attached hydrogen (secondary N) is 1. The summed E-state index contributed by atoms with van der Waals surface area (Å²) in [5.41, 5.74) is 0.567. The van der Waals surface area contributed by atoms with Crippen LogP contribution >= 0.6 is 23.2 Å². The Morgan fingerprint density at radius 2 is 2.00 bits per heavy atom. The van der Waals surface area contributed by atoms with E-state index in [1.807, 2.05) is 6.92 Å². The van der Waals surface area contributed by atoms with E-state index >= 15 is 0 Å². The van der Waals surface area contributed by atoms with Crippen LogP contribution in [-0.2, 0) is 9.53 Å². The third-order valence-corrected chi connectivity index (χ3v) is 3.77. The van der Waals surface area contributed by atoms with Crippen LogP contribution in [0.2, 0.25) is 10.0 Å². The van der Waals surface area contributed by atoms with Gasteiger partial charge in [0.05, 0.1) is 5.02 Å². The first kappa shape index (κ1) is 18.4. The van der Waals surface area contributed by atoms with E-state index in [2.05, 4.69) is 5.32 Å². The fraction of sp³-hybridized carbons (Fsp3) is 0.294. The first-order chi connectivity index (χ1) is 11.4. The van der Waals surface area contributed by atoms with Crippen molar-refractivity contribution in [2.75, 3.05) is 6.54 Å². The summed E-state index contributed by atoms with van der Waals surface area (Å²) in [6, 6.07) is 7.99. The lowest BCUT2D eigenvalue weighted by atomic mass is 10.2. The van der Waals surface area contributed by atoms with Gasteiger partial charge in [0, 0.05) is 17.1 Å². The summed E-state index contributed by atoms with van der Waals surface area (Å²) < 4.78 is 10.6. The summed E-state index contributed by atoms with van der Waals surface area (Å²) in [4.78, 5) is 23.8. The van der Waals surface area contributed by atoms with Crippen molar-refractivity contribution in [3.05, 3.63) is 46.1 Å². The van der Waals surface area contributed by atoms with Crippen molar-refractivity contribution < 1.29 is 18.7 Å². The molecule has 0 unspecified atom stereocenters. The molecule has 0 bridgehead atoms. The Kier molecular flexibility index (Phi) is 6.29. The van der Waals surface area contributed by atoms with Gasteiger partial charge in [-0.2, -0.15) is 0 Å². The maximum absolute atomic E-state index is 12.1. The Balaban J connectivity index is 2.08. The number of rotatable bonds is 6. The third-order valence-electron chi connectivity index (χ3n) is 3.20. The molecule has 0 fully saturated rings. The lowest BCUT2D eigenvalue weighted by molar-refractivity contribution is -0.129. The van der Waals surface area contributed by atoms with Crippen LogP contribution in [0.5, 0.6) is 0 Å². The Morgan fingerprint density at radius 3 is 2.71 bits per heavy atom. The van der Waals surface area contributed by atoms with Crippen molar-refractivity contribution in [1.29, 1.82) is 0 Å². The average molecular weight is 370 g/mol. The molecule has 0 saturated carbocycles. The molecule has 0 radical (unpaired) electrons. The summed E-state index contributed by atoms with van der Waals surface area (Å²) >= 11 is 12.1. The highest BCUT2D eigenvalue weighted by Gasteiger charge is 2.21. The van der Waals surface area contributed by atoms with E-state index in [9.17, 15) is 9.59 Å². The molecular weight excluding hydrogens is 353 g/mol. The lowest BCUT2D eigenvalue weighted by Crippen LogP contribution is -2.36. The summed E-state index contributed by atoms with van der Waals surface area (Å²) in [5, 5.41) is 3.60. The molecule has 2 rings (SSSR count). The maximum Gasteiger partial charge on any atom is 0.375 e. The molecule has 0 aliphatic carbocycles. The number of hydrogen-bond donors (Lipinski definition) is 1. The minimum absolute atomic E-state index is 0.0174. The van der Waals surface area contributed by atoms with Crippen LogP contribution in [0.25, 0.3) is 11.3 Å². The molecule has 2 aromatic rings. The molecule has 1 N–H and O–H groups in total. The molecular formula is C17H17Cl2NO4. The Labute approximate surface area is 149 Å². The number of ether oxygens (including phenoxy) is 1. The van der Waals surface area contributed by atoms with E-state index in [0.717, 1.165) is 6.42 Å². The van der Waals surface area contributed by atoms with Gasteiger partial charge >= 0.3 is 5.97 Å². The molecule has 0 spiro atoms. The van der Waals surface area contributed by atoms with Crippen molar-refractivity contribution in [2.45, 2.75) is 26.4 Å². The number of hydrogen-bond acceptors (Lipinski definition) is 4. The van der Waals surface area contributed by atoms with Gasteiger partial charge < -0.3 is 14.5 Å². The topological polar surface area (TPSA) is 68.5 Å². The van der Waals surface area contributed by atoms with Crippen LogP contribution in [0.1, 0.15) is 30.8 Å². The highest BCUT2D eigenvalue weighted by Crippen LogP contribution is 2.32. The van der Waals surface area contributed by atoms with Crippen LogP contribution in [0.4, 0.5) is 0 Å². The second kappa shape index (κ2) is 8.22. The molecule has 1 atom stereocenters. The first-order valence-corrected chi connectivity index (χ1v) is 8.22. The summed E-state index contributed by atoms with van der Waals surface area (Å²) in [7, 11) is 0. The molecule has 1 aromatic carbocycles. The van der Waals surface area contributed by atoms with Crippen molar-refractivity contribution in [1.82, 2.24) is 5.32 Å². The molecule has 128 valence electrons. The van der Waals surface area contributed by atoms with Crippen molar-refractivity contribution in [3.8, 4) is 11.3 Å². The number of benzene rings is 1. The molecule has 0 aliphatic heterocycles. The van der Waals surface area contributed by atoms with Gasteiger partial charge in [0.2, 0.25) is 5.76 Å². The molecule has 24 heavy (non-hydrogen) atoms.